The summed E-state index contributed by atoms with van der Waals surface area (Å²) in [6.45, 7) is 6.53. The van der Waals surface area contributed by atoms with Crippen LogP contribution in [0.4, 0.5) is 0 Å². The van der Waals surface area contributed by atoms with Crippen LogP contribution in [0.1, 0.15) is 51.6 Å². The average molecular weight is 452 g/mol. The van der Waals surface area contributed by atoms with Crippen LogP contribution >= 0.6 is 0 Å². The van der Waals surface area contributed by atoms with Gasteiger partial charge in [0, 0.05) is 19.1 Å². The number of likely N-dealkylation sites (tertiary alicyclic amines) is 1. The number of nitrogens with zero attached hydrogens (tertiary/aromatic N) is 7. The van der Waals surface area contributed by atoms with E-state index in [1.807, 2.05) is 17.0 Å². The van der Waals surface area contributed by atoms with Crippen LogP contribution in [-0.2, 0) is 20.9 Å². The fourth-order valence-electron chi connectivity index (χ4n) is 5.44. The van der Waals surface area contributed by atoms with Crippen molar-refractivity contribution in [2.24, 2.45) is 5.41 Å². The molecule has 2 aromatic rings. The monoisotopic (exact) mass is 451 g/mol. The second-order valence-electron chi connectivity index (χ2n) is 9.19. The molecule has 5 rings (SSSR count). The summed E-state index contributed by atoms with van der Waals surface area (Å²) in [4.78, 5) is 34.0. The molecule has 10 nitrogen and oxygen atoms in total. The van der Waals surface area contributed by atoms with Gasteiger partial charge < -0.3 is 9.64 Å². The number of esters is 1. The van der Waals surface area contributed by atoms with Gasteiger partial charge in [0.2, 0.25) is 5.91 Å². The maximum Gasteiger partial charge on any atom is 0.336 e. The van der Waals surface area contributed by atoms with Gasteiger partial charge in [0.25, 0.3) is 0 Å². The minimum Gasteiger partial charge on any atom is -0.456 e. The van der Waals surface area contributed by atoms with E-state index < -0.39 is 0 Å². The number of carbonyl (C=O) groups excluding carboxylic acids is 2. The Balaban J connectivity index is 1.21. The van der Waals surface area contributed by atoms with Crippen LogP contribution < -0.4 is 0 Å². The Morgan fingerprint density at radius 3 is 2.64 bits per heavy atom. The highest BCUT2D eigenvalue weighted by Gasteiger charge is 2.50. The summed E-state index contributed by atoms with van der Waals surface area (Å²) in [6, 6.07) is 4.42. The molecule has 3 aliphatic rings. The molecule has 2 fully saturated rings. The Labute approximate surface area is 192 Å². The van der Waals surface area contributed by atoms with Gasteiger partial charge in [-0.25, -0.2) is 4.79 Å². The average Bonchev–Trinajstić information content (AvgIpc) is 3.56. The van der Waals surface area contributed by atoms with E-state index >= 15 is 0 Å². The molecule has 1 aliphatic carbocycles. The third-order valence-corrected chi connectivity index (χ3v) is 7.54. The Bertz CT molecular complexity index is 1060. The van der Waals surface area contributed by atoms with Crippen LogP contribution in [0.2, 0.25) is 0 Å². The van der Waals surface area contributed by atoms with Crippen LogP contribution in [0.25, 0.3) is 5.69 Å². The number of ether oxygens (including phenoxy) is 1. The lowest BCUT2D eigenvalue weighted by atomic mass is 9.71. The number of amides is 1. The summed E-state index contributed by atoms with van der Waals surface area (Å²) in [5, 5.41) is 11.2. The van der Waals surface area contributed by atoms with Crippen LogP contribution in [0.15, 0.2) is 35.9 Å². The van der Waals surface area contributed by atoms with Gasteiger partial charge in [-0.3, -0.25) is 14.7 Å². The molecule has 0 atom stereocenters. The number of hydrogen-bond donors (Lipinski definition) is 0. The van der Waals surface area contributed by atoms with E-state index in [0.717, 1.165) is 62.3 Å². The SMILES string of the molecule is CCN(Cc1ccc(-n2cnnn2)cn1)[C@H]1CC[C@]2(CCN(C3=C(C)C(=O)OC3)C2=O)CC1. The predicted octanol–water partition coefficient (Wildman–Crippen LogP) is 1.87. The molecule has 0 N–H and O–H groups in total. The van der Waals surface area contributed by atoms with Crippen molar-refractivity contribution in [3.8, 4) is 5.69 Å². The number of tetrazole rings is 1. The number of rotatable bonds is 6. The topological polar surface area (TPSA) is 106 Å². The van der Waals surface area contributed by atoms with Gasteiger partial charge in [-0.05, 0) is 68.1 Å². The number of aromatic nitrogens is 5. The van der Waals surface area contributed by atoms with Gasteiger partial charge in [0.15, 0.2) is 0 Å². The lowest BCUT2D eigenvalue weighted by Gasteiger charge is -2.40. The molecule has 0 unspecified atom stereocenters. The van der Waals surface area contributed by atoms with Gasteiger partial charge in [-0.1, -0.05) is 6.92 Å². The first-order chi connectivity index (χ1) is 16.0. The molecule has 1 saturated heterocycles. The molecule has 10 heteroatoms. The normalized spacial score (nSPS) is 25.5. The van der Waals surface area contributed by atoms with Crippen LogP contribution in [-0.4, -0.2) is 72.6 Å². The molecule has 0 radical (unpaired) electrons. The van der Waals surface area contributed by atoms with Crippen molar-refractivity contribution < 1.29 is 14.3 Å². The molecule has 2 aliphatic heterocycles. The Hall–Kier alpha value is -3.14. The van der Waals surface area contributed by atoms with Gasteiger partial charge in [0.1, 0.15) is 12.9 Å². The molecule has 4 heterocycles. The quantitative estimate of drug-likeness (QED) is 0.613. The number of pyridine rings is 1. The maximum atomic E-state index is 13.4. The molecule has 2 aromatic heterocycles. The van der Waals surface area contributed by atoms with E-state index in [0.29, 0.717) is 18.2 Å². The molecule has 0 bridgehead atoms. The predicted molar refractivity (Wildman–Crippen MR) is 118 cm³/mol. The molecule has 1 saturated carbocycles. The van der Waals surface area contributed by atoms with Gasteiger partial charge in [-0.2, -0.15) is 4.68 Å². The standard InChI is InChI=1S/C23H29N7O3/c1-3-28(13-17-4-5-19(12-24-17)30-15-25-26-27-30)18-6-8-23(9-7-18)10-11-29(22(23)32)20-14-33-21(31)16(20)2/h4-5,12,15,18H,3,6-11,13-14H2,1-2H3/t18-,23+. The van der Waals surface area contributed by atoms with Crippen molar-refractivity contribution in [2.45, 2.75) is 58.5 Å². The van der Waals surface area contributed by atoms with E-state index in [9.17, 15) is 9.59 Å². The van der Waals surface area contributed by atoms with Gasteiger partial charge in [0.05, 0.1) is 34.3 Å². The van der Waals surface area contributed by atoms with Crippen molar-refractivity contribution in [2.75, 3.05) is 19.7 Å². The smallest absolute Gasteiger partial charge is 0.336 e. The van der Waals surface area contributed by atoms with Gasteiger partial charge >= 0.3 is 5.97 Å². The maximum absolute atomic E-state index is 13.4. The zero-order valence-electron chi connectivity index (χ0n) is 19.1. The highest BCUT2D eigenvalue weighted by molar-refractivity contribution is 5.94. The number of hydrogen-bond acceptors (Lipinski definition) is 8. The molecule has 174 valence electrons. The third-order valence-electron chi connectivity index (χ3n) is 7.54. The first kappa shape index (κ1) is 21.7. The Morgan fingerprint density at radius 1 is 1.21 bits per heavy atom. The van der Waals surface area contributed by atoms with E-state index in [1.165, 1.54) is 0 Å². The highest BCUT2D eigenvalue weighted by Crippen LogP contribution is 2.47. The minimum atomic E-state index is -0.305. The molecule has 0 aromatic carbocycles. The summed E-state index contributed by atoms with van der Waals surface area (Å²) < 4.78 is 6.72. The first-order valence-electron chi connectivity index (χ1n) is 11.6. The van der Waals surface area contributed by atoms with E-state index in [-0.39, 0.29) is 23.9 Å². The largest absolute Gasteiger partial charge is 0.456 e. The Morgan fingerprint density at radius 2 is 2.03 bits per heavy atom. The fraction of sp³-hybridized carbons (Fsp3) is 0.565. The molecule has 33 heavy (non-hydrogen) atoms. The van der Waals surface area contributed by atoms with E-state index in [4.69, 9.17) is 4.74 Å². The lowest BCUT2D eigenvalue weighted by molar-refractivity contribution is -0.138. The van der Waals surface area contributed by atoms with Crippen molar-refractivity contribution in [1.82, 2.24) is 35.0 Å². The number of carbonyl (C=O) groups is 2. The van der Waals surface area contributed by atoms with E-state index in [2.05, 4.69) is 32.3 Å². The third kappa shape index (κ3) is 3.92. The van der Waals surface area contributed by atoms with Crippen LogP contribution in [0, 0.1) is 5.41 Å². The van der Waals surface area contributed by atoms with Crippen LogP contribution in [0.3, 0.4) is 0 Å². The number of cyclic esters (lactones) is 1. The first-order valence-corrected chi connectivity index (χ1v) is 11.6. The second-order valence-corrected chi connectivity index (χ2v) is 9.19. The molecule has 1 amide bonds. The lowest BCUT2D eigenvalue weighted by Crippen LogP contribution is -2.43. The molecular weight excluding hydrogens is 422 g/mol. The summed E-state index contributed by atoms with van der Waals surface area (Å²) in [6.07, 6.45) is 7.94. The van der Waals surface area contributed by atoms with Crippen molar-refractivity contribution in [1.29, 1.82) is 0 Å². The molecule has 1 spiro atoms. The van der Waals surface area contributed by atoms with Crippen molar-refractivity contribution in [3.05, 3.63) is 41.6 Å². The zero-order valence-corrected chi connectivity index (χ0v) is 19.1. The fourth-order valence-corrected chi connectivity index (χ4v) is 5.44. The Kier molecular flexibility index (Phi) is 5.69. The second kappa shape index (κ2) is 8.66. The minimum absolute atomic E-state index is 0.177. The van der Waals surface area contributed by atoms with Gasteiger partial charge in [-0.15, -0.1) is 5.10 Å². The van der Waals surface area contributed by atoms with Crippen molar-refractivity contribution >= 4 is 11.9 Å². The molecular formula is C23H29N7O3. The van der Waals surface area contributed by atoms with Crippen molar-refractivity contribution in [3.63, 3.8) is 0 Å². The highest BCUT2D eigenvalue weighted by atomic mass is 16.5. The summed E-state index contributed by atoms with van der Waals surface area (Å²) in [5.74, 6) is -0.128. The summed E-state index contributed by atoms with van der Waals surface area (Å²) >= 11 is 0. The van der Waals surface area contributed by atoms with Crippen LogP contribution in [0.5, 0.6) is 0 Å². The zero-order chi connectivity index (χ0) is 23.0. The summed E-state index contributed by atoms with van der Waals surface area (Å²) in [7, 11) is 0. The summed E-state index contributed by atoms with van der Waals surface area (Å²) in [5.41, 5.74) is 2.88. The van der Waals surface area contributed by atoms with E-state index in [1.54, 1.807) is 24.1 Å².